The van der Waals surface area contributed by atoms with Gasteiger partial charge in [-0.1, -0.05) is 0 Å². The lowest BCUT2D eigenvalue weighted by Gasteiger charge is -2.02. The molecule has 1 heterocycles. The van der Waals surface area contributed by atoms with Gasteiger partial charge in [-0.25, -0.2) is 4.79 Å². The van der Waals surface area contributed by atoms with E-state index >= 15 is 0 Å². The van der Waals surface area contributed by atoms with Crippen LogP contribution in [-0.4, -0.2) is 36.9 Å². The topological polar surface area (TPSA) is 93.4 Å². The number of rotatable bonds is 5. The third-order valence-corrected chi connectivity index (χ3v) is 1.86. The highest BCUT2D eigenvalue weighted by molar-refractivity contribution is 5.88. The molecule has 0 bridgehead atoms. The van der Waals surface area contributed by atoms with E-state index in [2.05, 4.69) is 19.9 Å². The van der Waals surface area contributed by atoms with Crippen molar-refractivity contribution in [1.82, 2.24) is 4.98 Å². The number of aromatic nitrogens is 1. The smallest absolute Gasteiger partial charge is 0.362 e. The van der Waals surface area contributed by atoms with Crippen LogP contribution in [0.2, 0.25) is 0 Å². The van der Waals surface area contributed by atoms with Gasteiger partial charge in [-0.3, -0.25) is 4.98 Å². The molecule has 18 heavy (non-hydrogen) atoms. The lowest BCUT2D eigenvalue weighted by molar-refractivity contribution is -0.136. The van der Waals surface area contributed by atoms with E-state index in [0.29, 0.717) is 5.69 Å². The quantitative estimate of drug-likeness (QED) is 0.372. The number of aliphatic hydroxyl groups excluding tert-OH is 1. The van der Waals surface area contributed by atoms with Gasteiger partial charge in [0.1, 0.15) is 6.61 Å². The SMILES string of the molecule is COCC(O)=C(N=Nc1ccncc1)C(=O)OC. The second-order valence-electron chi connectivity index (χ2n) is 3.13. The molecular formula is C11H13N3O4. The fourth-order valence-electron chi connectivity index (χ4n) is 1.04. The number of carbonyl (C=O) groups excluding carboxylic acids is 1. The summed E-state index contributed by atoms with van der Waals surface area (Å²) in [6, 6.07) is 3.21. The number of pyridine rings is 1. The fraction of sp³-hybridized carbons (Fsp3) is 0.273. The molecule has 1 N–H and O–H groups in total. The zero-order chi connectivity index (χ0) is 13.4. The summed E-state index contributed by atoms with van der Waals surface area (Å²) in [6.45, 7) is -0.153. The molecule has 0 aliphatic rings. The van der Waals surface area contributed by atoms with Crippen LogP contribution in [-0.2, 0) is 14.3 Å². The van der Waals surface area contributed by atoms with Crippen molar-refractivity contribution in [2.45, 2.75) is 0 Å². The van der Waals surface area contributed by atoms with Gasteiger partial charge in [0.15, 0.2) is 5.76 Å². The van der Waals surface area contributed by atoms with Crippen LogP contribution in [0.5, 0.6) is 0 Å². The first-order valence-electron chi connectivity index (χ1n) is 5.00. The molecule has 0 spiro atoms. The van der Waals surface area contributed by atoms with E-state index in [0.717, 1.165) is 0 Å². The predicted molar refractivity (Wildman–Crippen MR) is 62.3 cm³/mol. The Bertz CT molecular complexity index is 457. The molecule has 1 aromatic heterocycles. The Kier molecular flexibility index (Phi) is 5.46. The maximum absolute atomic E-state index is 11.4. The van der Waals surface area contributed by atoms with Gasteiger partial charge in [-0.15, -0.1) is 5.11 Å². The van der Waals surface area contributed by atoms with Crippen molar-refractivity contribution in [2.75, 3.05) is 20.8 Å². The minimum absolute atomic E-state index is 0.153. The first-order chi connectivity index (χ1) is 8.69. The lowest BCUT2D eigenvalue weighted by atomic mass is 10.4. The monoisotopic (exact) mass is 251 g/mol. The highest BCUT2D eigenvalue weighted by Crippen LogP contribution is 2.14. The number of ether oxygens (including phenoxy) is 2. The number of hydrogen-bond acceptors (Lipinski definition) is 7. The van der Waals surface area contributed by atoms with Gasteiger partial charge in [0.25, 0.3) is 0 Å². The van der Waals surface area contributed by atoms with Crippen molar-refractivity contribution in [3.8, 4) is 0 Å². The molecule has 0 aliphatic carbocycles. The van der Waals surface area contributed by atoms with Crippen molar-refractivity contribution in [3.05, 3.63) is 36.0 Å². The minimum Gasteiger partial charge on any atom is -0.507 e. The van der Waals surface area contributed by atoms with Crippen LogP contribution in [0.3, 0.4) is 0 Å². The van der Waals surface area contributed by atoms with E-state index in [1.165, 1.54) is 26.6 Å². The number of methoxy groups -OCH3 is 2. The molecule has 7 heteroatoms. The Morgan fingerprint density at radius 3 is 2.61 bits per heavy atom. The summed E-state index contributed by atoms with van der Waals surface area (Å²) in [4.78, 5) is 15.2. The second kappa shape index (κ2) is 7.13. The molecule has 0 fully saturated rings. The Morgan fingerprint density at radius 1 is 1.39 bits per heavy atom. The Balaban J connectivity index is 2.96. The summed E-state index contributed by atoms with van der Waals surface area (Å²) in [6.07, 6.45) is 3.07. The summed E-state index contributed by atoms with van der Waals surface area (Å²) in [5.41, 5.74) is 0.202. The van der Waals surface area contributed by atoms with Gasteiger partial charge in [0.05, 0.1) is 12.8 Å². The largest absolute Gasteiger partial charge is 0.507 e. The Hall–Kier alpha value is -2.28. The van der Waals surface area contributed by atoms with Crippen LogP contribution in [0.1, 0.15) is 0 Å². The van der Waals surface area contributed by atoms with Crippen LogP contribution in [0.15, 0.2) is 46.2 Å². The number of carbonyl (C=O) groups is 1. The molecule has 0 aliphatic heterocycles. The first-order valence-corrected chi connectivity index (χ1v) is 5.00. The molecule has 0 unspecified atom stereocenters. The van der Waals surface area contributed by atoms with Crippen molar-refractivity contribution in [2.24, 2.45) is 10.2 Å². The molecule has 0 radical (unpaired) electrons. The summed E-state index contributed by atoms with van der Waals surface area (Å²) in [5.74, 6) is -1.13. The van der Waals surface area contributed by atoms with Gasteiger partial charge in [-0.2, -0.15) is 5.11 Å². The van der Waals surface area contributed by atoms with Crippen molar-refractivity contribution in [1.29, 1.82) is 0 Å². The molecule has 1 aromatic rings. The lowest BCUT2D eigenvalue weighted by Crippen LogP contribution is -2.08. The molecule has 0 saturated heterocycles. The summed E-state index contributed by atoms with van der Waals surface area (Å²) >= 11 is 0. The third-order valence-electron chi connectivity index (χ3n) is 1.86. The number of esters is 1. The number of hydrogen-bond donors (Lipinski definition) is 1. The van der Waals surface area contributed by atoms with Gasteiger partial charge in [0.2, 0.25) is 5.70 Å². The van der Waals surface area contributed by atoms with Crippen LogP contribution in [0.25, 0.3) is 0 Å². The van der Waals surface area contributed by atoms with E-state index in [1.54, 1.807) is 12.1 Å². The zero-order valence-electron chi connectivity index (χ0n) is 10.0. The third kappa shape index (κ3) is 3.95. The average Bonchev–Trinajstić information content (AvgIpc) is 2.40. The standard InChI is InChI=1S/C11H13N3O4/c1-17-7-9(15)10(11(16)18-2)14-13-8-3-5-12-6-4-8/h3-6,15H,7H2,1-2H3. The molecule has 0 atom stereocenters. The van der Waals surface area contributed by atoms with Gasteiger partial charge < -0.3 is 14.6 Å². The van der Waals surface area contributed by atoms with E-state index in [9.17, 15) is 9.90 Å². The first kappa shape index (κ1) is 13.8. The molecular weight excluding hydrogens is 238 g/mol. The van der Waals surface area contributed by atoms with Gasteiger partial charge in [-0.05, 0) is 12.1 Å². The molecule has 0 aromatic carbocycles. The molecule has 0 saturated carbocycles. The maximum Gasteiger partial charge on any atom is 0.362 e. The van der Waals surface area contributed by atoms with Crippen LogP contribution in [0, 0.1) is 0 Å². The molecule has 0 amide bonds. The van der Waals surface area contributed by atoms with Gasteiger partial charge >= 0.3 is 5.97 Å². The van der Waals surface area contributed by atoms with Crippen molar-refractivity contribution in [3.63, 3.8) is 0 Å². The van der Waals surface area contributed by atoms with Crippen LogP contribution in [0.4, 0.5) is 5.69 Å². The number of azo groups is 1. The second-order valence-corrected chi connectivity index (χ2v) is 3.13. The molecule has 1 rings (SSSR count). The summed E-state index contributed by atoms with van der Waals surface area (Å²) < 4.78 is 9.19. The average molecular weight is 251 g/mol. The van der Waals surface area contributed by atoms with Crippen LogP contribution >= 0.6 is 0 Å². The van der Waals surface area contributed by atoms with E-state index in [4.69, 9.17) is 4.74 Å². The minimum atomic E-state index is -0.789. The van der Waals surface area contributed by atoms with Crippen molar-refractivity contribution < 1.29 is 19.4 Å². The van der Waals surface area contributed by atoms with E-state index in [1.807, 2.05) is 0 Å². The van der Waals surface area contributed by atoms with E-state index in [-0.39, 0.29) is 18.1 Å². The maximum atomic E-state index is 11.4. The van der Waals surface area contributed by atoms with E-state index < -0.39 is 5.97 Å². The highest BCUT2D eigenvalue weighted by Gasteiger charge is 2.15. The fourth-order valence-corrected chi connectivity index (χ4v) is 1.04. The Morgan fingerprint density at radius 2 is 2.06 bits per heavy atom. The summed E-state index contributed by atoms with van der Waals surface area (Å²) in [5, 5.41) is 17.0. The summed E-state index contributed by atoms with van der Waals surface area (Å²) in [7, 11) is 2.56. The molecule has 96 valence electrons. The van der Waals surface area contributed by atoms with Crippen LogP contribution < -0.4 is 0 Å². The zero-order valence-corrected chi connectivity index (χ0v) is 10.0. The molecule has 7 nitrogen and oxygen atoms in total. The number of nitrogens with zero attached hydrogens (tertiary/aromatic N) is 3. The van der Waals surface area contributed by atoms with Crippen molar-refractivity contribution >= 4 is 11.7 Å². The Labute approximate surface area is 104 Å². The normalized spacial score (nSPS) is 12.3. The number of aliphatic hydroxyl groups is 1. The highest BCUT2D eigenvalue weighted by atomic mass is 16.5. The van der Waals surface area contributed by atoms with Gasteiger partial charge in [0, 0.05) is 19.5 Å². The predicted octanol–water partition coefficient (Wildman–Crippen LogP) is 1.75.